The molecule has 2 N–H and O–H groups in total. The summed E-state index contributed by atoms with van der Waals surface area (Å²) < 4.78 is 23.5. The van der Waals surface area contributed by atoms with Gasteiger partial charge in [-0.05, 0) is 89.9 Å². The zero-order valence-electron chi connectivity index (χ0n) is 52.5. The van der Waals surface area contributed by atoms with Gasteiger partial charge in [0, 0.05) is 6.42 Å². The van der Waals surface area contributed by atoms with Gasteiger partial charge in [0.15, 0.2) is 0 Å². The first-order chi connectivity index (χ1) is 39.0. The molecule has 1 amide bonds. The van der Waals surface area contributed by atoms with Crippen LogP contribution < -0.4 is 10.2 Å². The fraction of sp³-hybridized carbons (Fsp3) is 0.704. The molecule has 0 saturated carbocycles. The summed E-state index contributed by atoms with van der Waals surface area (Å²) in [5, 5.41) is 14.1. The first-order valence-corrected chi connectivity index (χ1v) is 34.3. The molecule has 0 spiro atoms. The second-order valence-electron chi connectivity index (χ2n) is 23.1. The quantitative estimate of drug-likeness (QED) is 0.0272. The molecule has 8 nitrogen and oxygen atoms in total. The summed E-state index contributed by atoms with van der Waals surface area (Å²) in [6.07, 6.45) is 89.6. The molecule has 3 unspecified atom stereocenters. The third-order valence-corrected chi connectivity index (χ3v) is 15.2. The van der Waals surface area contributed by atoms with Crippen LogP contribution >= 0.6 is 7.82 Å². The van der Waals surface area contributed by atoms with Crippen LogP contribution in [0.4, 0.5) is 0 Å². The van der Waals surface area contributed by atoms with Crippen LogP contribution in [0.1, 0.15) is 271 Å². The molecule has 3 atom stereocenters. The molecule has 80 heavy (non-hydrogen) atoms. The van der Waals surface area contributed by atoms with Gasteiger partial charge in [0.05, 0.1) is 39.9 Å². The van der Waals surface area contributed by atoms with Crippen LogP contribution in [0.15, 0.2) is 122 Å². The normalized spacial score (nSPS) is 14.5. The van der Waals surface area contributed by atoms with Crippen LogP contribution in [-0.4, -0.2) is 68.5 Å². The van der Waals surface area contributed by atoms with Crippen molar-refractivity contribution in [1.29, 1.82) is 0 Å². The van der Waals surface area contributed by atoms with Crippen molar-refractivity contribution in [2.45, 2.75) is 283 Å². The molecule has 0 aromatic rings. The van der Waals surface area contributed by atoms with Crippen LogP contribution in [0, 0.1) is 0 Å². The summed E-state index contributed by atoms with van der Waals surface area (Å²) in [5.74, 6) is -0.182. The molecule has 0 bridgehead atoms. The Bertz CT molecular complexity index is 1720. The fourth-order valence-electron chi connectivity index (χ4n) is 9.13. The maximum atomic E-state index is 13.0. The molecule has 460 valence electrons. The van der Waals surface area contributed by atoms with Crippen LogP contribution in [0.25, 0.3) is 0 Å². The lowest BCUT2D eigenvalue weighted by Crippen LogP contribution is -2.46. The first-order valence-electron chi connectivity index (χ1n) is 32.9. The SMILES string of the molecule is CC/C=C\C/C=C\C/C=C\C/C=C\C/C=C\C/C=C\C/C=C\C/C=C\C/C=C\C/C=C\CCCCCCCCC(=O)NC(COP(=O)([O-])OCC[N+](C)(C)C)C(O)CCCCCCCCCCCCCCCCCCCCCCC. The minimum atomic E-state index is -4.59. The van der Waals surface area contributed by atoms with Gasteiger partial charge in [-0.1, -0.05) is 296 Å². The van der Waals surface area contributed by atoms with E-state index in [9.17, 15) is 19.4 Å². The number of quaternary nitrogens is 1. The first kappa shape index (κ1) is 76.9. The molecule has 0 aliphatic heterocycles. The Hall–Kier alpha value is -3.10. The molecular formula is C71H125N2O6P. The van der Waals surface area contributed by atoms with Crippen LogP contribution in [0.2, 0.25) is 0 Å². The van der Waals surface area contributed by atoms with Crippen LogP contribution in [0.5, 0.6) is 0 Å². The maximum Gasteiger partial charge on any atom is 0.268 e. The van der Waals surface area contributed by atoms with Crippen molar-refractivity contribution < 1.29 is 32.9 Å². The van der Waals surface area contributed by atoms with Crippen molar-refractivity contribution in [1.82, 2.24) is 5.32 Å². The van der Waals surface area contributed by atoms with E-state index in [1.807, 2.05) is 21.1 Å². The summed E-state index contributed by atoms with van der Waals surface area (Å²) in [6, 6.07) is -0.819. The fourth-order valence-corrected chi connectivity index (χ4v) is 9.85. The summed E-state index contributed by atoms with van der Waals surface area (Å²) in [6.45, 7) is 4.61. The molecule has 9 heteroatoms. The zero-order chi connectivity index (χ0) is 58.4. The standard InChI is InChI=1S/C71H125N2O6P/c1-6-8-10-12-14-16-18-20-22-24-26-28-29-30-31-32-33-34-35-36-37-38-39-40-41-42-43-45-47-49-51-53-55-57-59-61-63-65-71(75)72-69(68-79-80(76,77)78-67-66-73(3,4)5)70(74)64-62-60-58-56-54-52-50-48-46-44-27-25-23-21-19-17-15-13-11-9-7-2/h8,10,14,16,20,22,26,28,30-31,33-34,36-37,39-40,42-43,47,49,69-70,74H,6-7,9,11-13,15,17-19,21,23-25,27,29,32,35,38,41,44-46,48,50-68H2,1-5H3,(H-,72,75,76,77)/b10-8-,16-14-,22-20-,28-26-,31-30-,34-33-,37-36-,40-39-,43-42-,49-47-. The molecule has 0 rings (SSSR count). The number of hydrogen-bond acceptors (Lipinski definition) is 6. The Morgan fingerprint density at radius 2 is 0.762 bits per heavy atom. The number of carbonyl (C=O) groups is 1. The number of carbonyl (C=O) groups excluding carboxylic acids is 1. The number of allylic oxidation sites excluding steroid dienone is 20. The predicted molar refractivity (Wildman–Crippen MR) is 348 cm³/mol. The molecule has 0 heterocycles. The van der Waals surface area contributed by atoms with Gasteiger partial charge in [0.1, 0.15) is 13.2 Å². The van der Waals surface area contributed by atoms with Crippen molar-refractivity contribution in [3.63, 3.8) is 0 Å². The number of aliphatic hydroxyl groups excluding tert-OH is 1. The third-order valence-electron chi connectivity index (χ3n) is 14.2. The molecular weight excluding hydrogens is 1010 g/mol. The second kappa shape index (κ2) is 60.5. The van der Waals surface area contributed by atoms with E-state index < -0.39 is 20.0 Å². The summed E-state index contributed by atoms with van der Waals surface area (Å²) in [5.41, 5.74) is 0. The highest BCUT2D eigenvalue weighted by Gasteiger charge is 2.24. The van der Waals surface area contributed by atoms with Gasteiger partial charge in [-0.15, -0.1) is 0 Å². The number of aliphatic hydroxyl groups is 1. The van der Waals surface area contributed by atoms with Gasteiger partial charge in [-0.3, -0.25) is 9.36 Å². The number of unbranched alkanes of at least 4 members (excludes halogenated alkanes) is 26. The third kappa shape index (κ3) is 62.5. The molecule has 0 fully saturated rings. The molecule has 0 aliphatic carbocycles. The number of amides is 1. The lowest BCUT2D eigenvalue weighted by molar-refractivity contribution is -0.870. The highest BCUT2D eigenvalue weighted by atomic mass is 31.2. The van der Waals surface area contributed by atoms with E-state index in [0.29, 0.717) is 23.9 Å². The Morgan fingerprint density at radius 3 is 1.11 bits per heavy atom. The lowest BCUT2D eigenvalue weighted by atomic mass is 10.0. The Labute approximate surface area is 494 Å². The predicted octanol–water partition coefficient (Wildman–Crippen LogP) is 20.2. The number of nitrogens with zero attached hydrogens (tertiary/aromatic N) is 1. The number of likely N-dealkylation sites (N-methyl/N-ethyl adjacent to an activating group) is 1. The van der Waals surface area contributed by atoms with Crippen molar-refractivity contribution in [3.05, 3.63) is 122 Å². The van der Waals surface area contributed by atoms with Gasteiger partial charge in [-0.2, -0.15) is 0 Å². The Kier molecular flexibility index (Phi) is 58.1. The van der Waals surface area contributed by atoms with Crippen molar-refractivity contribution in [2.24, 2.45) is 0 Å². The molecule has 0 radical (unpaired) electrons. The minimum Gasteiger partial charge on any atom is -0.756 e. The highest BCUT2D eigenvalue weighted by molar-refractivity contribution is 7.45. The minimum absolute atomic E-state index is 0.00339. The zero-order valence-corrected chi connectivity index (χ0v) is 53.4. The molecule has 0 saturated heterocycles. The number of phosphoric ester groups is 1. The van der Waals surface area contributed by atoms with E-state index in [1.165, 1.54) is 128 Å². The van der Waals surface area contributed by atoms with Crippen molar-refractivity contribution >= 4 is 13.7 Å². The van der Waals surface area contributed by atoms with E-state index in [0.717, 1.165) is 116 Å². The van der Waals surface area contributed by atoms with Crippen molar-refractivity contribution in [2.75, 3.05) is 40.9 Å². The van der Waals surface area contributed by atoms with Crippen molar-refractivity contribution in [3.8, 4) is 0 Å². The number of nitrogens with one attached hydrogen (secondary N) is 1. The van der Waals surface area contributed by atoms with E-state index in [1.54, 1.807) is 0 Å². The Balaban J connectivity index is 4.17. The van der Waals surface area contributed by atoms with Gasteiger partial charge in [0.25, 0.3) is 7.82 Å². The summed E-state index contributed by atoms with van der Waals surface area (Å²) in [4.78, 5) is 25.6. The highest BCUT2D eigenvalue weighted by Crippen LogP contribution is 2.38. The van der Waals surface area contributed by atoms with Crippen LogP contribution in [-0.2, 0) is 18.4 Å². The Morgan fingerprint density at radius 1 is 0.450 bits per heavy atom. The van der Waals surface area contributed by atoms with Gasteiger partial charge < -0.3 is 28.8 Å². The topological polar surface area (TPSA) is 108 Å². The monoisotopic (exact) mass is 1130 g/mol. The number of rotatable bonds is 59. The number of phosphoric acid groups is 1. The average Bonchev–Trinajstić information content (AvgIpc) is 3.42. The van der Waals surface area contributed by atoms with E-state index in [4.69, 9.17) is 9.05 Å². The van der Waals surface area contributed by atoms with Gasteiger partial charge in [0.2, 0.25) is 5.91 Å². The van der Waals surface area contributed by atoms with Gasteiger partial charge >= 0.3 is 0 Å². The van der Waals surface area contributed by atoms with E-state index in [2.05, 4.69) is 141 Å². The second-order valence-corrected chi connectivity index (χ2v) is 24.5. The lowest BCUT2D eigenvalue weighted by Gasteiger charge is -2.30. The smallest absolute Gasteiger partial charge is 0.268 e. The molecule has 0 aliphatic rings. The largest absolute Gasteiger partial charge is 0.756 e. The van der Waals surface area contributed by atoms with E-state index in [-0.39, 0.29) is 19.1 Å². The summed E-state index contributed by atoms with van der Waals surface area (Å²) in [7, 11) is 1.28. The summed E-state index contributed by atoms with van der Waals surface area (Å²) >= 11 is 0. The maximum absolute atomic E-state index is 13.0. The average molecular weight is 1130 g/mol. The van der Waals surface area contributed by atoms with E-state index >= 15 is 0 Å². The number of hydrogen-bond donors (Lipinski definition) is 2. The van der Waals surface area contributed by atoms with Crippen LogP contribution in [0.3, 0.4) is 0 Å². The molecule has 0 aromatic heterocycles. The molecule has 0 aromatic carbocycles. The van der Waals surface area contributed by atoms with Gasteiger partial charge in [-0.25, -0.2) is 0 Å².